The Bertz CT molecular complexity index is 3020. The van der Waals surface area contributed by atoms with Gasteiger partial charge in [-0.1, -0.05) is 115 Å². The molecule has 0 amide bonds. The summed E-state index contributed by atoms with van der Waals surface area (Å²) >= 11 is 0. The van der Waals surface area contributed by atoms with Crippen LogP contribution in [0.25, 0.3) is 99.7 Å². The lowest BCUT2D eigenvalue weighted by atomic mass is 10.1. The third-order valence-electron chi connectivity index (χ3n) is 10.1. The van der Waals surface area contributed by atoms with E-state index in [2.05, 4.69) is 155 Å². The summed E-state index contributed by atoms with van der Waals surface area (Å²) in [6.07, 6.45) is 0. The number of rotatable bonds is 4. The first kappa shape index (κ1) is 27.9. The molecule has 238 valence electrons. The van der Waals surface area contributed by atoms with Crippen molar-refractivity contribution in [2.45, 2.75) is 0 Å². The number of aromatic nitrogens is 4. The van der Waals surface area contributed by atoms with E-state index < -0.39 is 0 Å². The van der Waals surface area contributed by atoms with Crippen molar-refractivity contribution in [3.63, 3.8) is 0 Å². The van der Waals surface area contributed by atoms with Crippen molar-refractivity contribution in [1.29, 1.82) is 0 Å². The molecule has 0 fully saturated rings. The molecule has 0 atom stereocenters. The van der Waals surface area contributed by atoms with E-state index in [0.29, 0.717) is 5.95 Å². The number of hydrogen-bond donors (Lipinski definition) is 0. The molecule has 11 rings (SSSR count). The predicted molar refractivity (Wildman–Crippen MR) is 209 cm³/mol. The summed E-state index contributed by atoms with van der Waals surface area (Å²) in [5, 5.41) is 6.82. The molecule has 0 saturated carbocycles. The van der Waals surface area contributed by atoms with Crippen LogP contribution in [0.15, 0.2) is 174 Å². The average molecular weight is 653 g/mol. The quantitative estimate of drug-likeness (QED) is 0.190. The highest BCUT2D eigenvalue weighted by molar-refractivity contribution is 6.24. The van der Waals surface area contributed by atoms with Gasteiger partial charge in [0, 0.05) is 43.7 Å². The minimum absolute atomic E-state index is 0.609. The van der Waals surface area contributed by atoms with Gasteiger partial charge in [0.05, 0.1) is 38.8 Å². The van der Waals surface area contributed by atoms with Crippen LogP contribution in [0.4, 0.5) is 0 Å². The van der Waals surface area contributed by atoms with Gasteiger partial charge in [0.15, 0.2) is 0 Å². The molecule has 0 spiro atoms. The number of benzene rings is 7. The predicted octanol–water partition coefficient (Wildman–Crippen LogP) is 11.9. The third-order valence-corrected chi connectivity index (χ3v) is 10.1. The van der Waals surface area contributed by atoms with Gasteiger partial charge in [-0.2, -0.15) is 0 Å². The van der Waals surface area contributed by atoms with E-state index in [4.69, 9.17) is 14.4 Å². The average Bonchev–Trinajstić information content (AvgIpc) is 3.86. The van der Waals surface area contributed by atoms with E-state index in [-0.39, 0.29) is 0 Å². The molecule has 0 unspecified atom stereocenters. The van der Waals surface area contributed by atoms with E-state index in [1.807, 2.05) is 24.3 Å². The largest absolute Gasteiger partial charge is 0.456 e. The van der Waals surface area contributed by atoms with E-state index in [1.165, 1.54) is 21.8 Å². The van der Waals surface area contributed by atoms with Crippen molar-refractivity contribution in [2.75, 3.05) is 0 Å². The molecule has 4 heterocycles. The van der Waals surface area contributed by atoms with Crippen LogP contribution in [0, 0.1) is 0 Å². The third kappa shape index (κ3) is 4.15. The standard InChI is InChI=1S/C46H28N4O/c1-3-13-29(14-4-1)37-28-38(30-15-5-2-6-16-30)48-46(47-37)50-41-25-23-31(49-39-20-10-7-17-32(39)33-18-8-11-21-40(33)49)27-36(41)34-24-26-43-44(45(34)50)35-19-9-12-22-42(35)51-43/h1-28H. The Morgan fingerprint density at radius 2 is 0.961 bits per heavy atom. The highest BCUT2D eigenvalue weighted by atomic mass is 16.3. The van der Waals surface area contributed by atoms with Crippen molar-refractivity contribution < 1.29 is 4.42 Å². The maximum Gasteiger partial charge on any atom is 0.235 e. The molecule has 0 radical (unpaired) electrons. The first-order chi connectivity index (χ1) is 25.3. The van der Waals surface area contributed by atoms with E-state index in [1.54, 1.807) is 0 Å². The Morgan fingerprint density at radius 1 is 0.392 bits per heavy atom. The smallest absolute Gasteiger partial charge is 0.235 e. The zero-order valence-corrected chi connectivity index (χ0v) is 27.4. The van der Waals surface area contributed by atoms with Gasteiger partial charge in [0.1, 0.15) is 11.2 Å². The molecule has 51 heavy (non-hydrogen) atoms. The lowest BCUT2D eigenvalue weighted by molar-refractivity contribution is 0.669. The second-order valence-electron chi connectivity index (χ2n) is 13.0. The van der Waals surface area contributed by atoms with Crippen molar-refractivity contribution in [3.05, 3.63) is 170 Å². The van der Waals surface area contributed by atoms with Gasteiger partial charge in [0.2, 0.25) is 5.95 Å². The summed E-state index contributed by atoms with van der Waals surface area (Å²) in [5.41, 5.74) is 11.0. The molecular weight excluding hydrogens is 625 g/mol. The van der Waals surface area contributed by atoms with Crippen LogP contribution in [0.2, 0.25) is 0 Å². The van der Waals surface area contributed by atoms with Crippen LogP contribution < -0.4 is 0 Å². The van der Waals surface area contributed by atoms with Gasteiger partial charge < -0.3 is 8.98 Å². The van der Waals surface area contributed by atoms with Crippen LogP contribution in [-0.4, -0.2) is 19.1 Å². The Labute approximate surface area is 292 Å². The highest BCUT2D eigenvalue weighted by Crippen LogP contribution is 2.42. The molecule has 0 aliphatic rings. The number of furan rings is 1. The first-order valence-electron chi connectivity index (χ1n) is 17.2. The van der Waals surface area contributed by atoms with Crippen molar-refractivity contribution in [1.82, 2.24) is 19.1 Å². The molecule has 4 aromatic heterocycles. The molecule has 5 heteroatoms. The molecule has 0 saturated heterocycles. The van der Waals surface area contributed by atoms with Gasteiger partial charge in [-0.05, 0) is 54.6 Å². The summed E-state index contributed by atoms with van der Waals surface area (Å²) in [6.45, 7) is 0. The minimum atomic E-state index is 0.609. The Kier molecular flexibility index (Phi) is 5.89. The van der Waals surface area contributed by atoms with E-state index in [9.17, 15) is 0 Å². The lowest BCUT2D eigenvalue weighted by Crippen LogP contribution is -2.04. The molecule has 11 aromatic rings. The molecule has 0 bridgehead atoms. The molecule has 5 nitrogen and oxygen atoms in total. The number of para-hydroxylation sites is 3. The maximum atomic E-state index is 6.45. The first-order valence-corrected chi connectivity index (χ1v) is 17.2. The number of hydrogen-bond acceptors (Lipinski definition) is 3. The van der Waals surface area contributed by atoms with Gasteiger partial charge in [-0.25, -0.2) is 9.97 Å². The van der Waals surface area contributed by atoms with Crippen LogP contribution >= 0.6 is 0 Å². The fourth-order valence-corrected chi connectivity index (χ4v) is 7.90. The maximum absolute atomic E-state index is 6.45. The Morgan fingerprint density at radius 3 is 1.63 bits per heavy atom. The highest BCUT2D eigenvalue weighted by Gasteiger charge is 2.23. The summed E-state index contributed by atoms with van der Waals surface area (Å²) in [6, 6.07) is 59.4. The van der Waals surface area contributed by atoms with Gasteiger partial charge in [0.25, 0.3) is 0 Å². The summed E-state index contributed by atoms with van der Waals surface area (Å²) in [7, 11) is 0. The van der Waals surface area contributed by atoms with Crippen molar-refractivity contribution in [3.8, 4) is 34.2 Å². The van der Waals surface area contributed by atoms with Crippen molar-refractivity contribution in [2.24, 2.45) is 0 Å². The van der Waals surface area contributed by atoms with E-state index >= 15 is 0 Å². The SMILES string of the molecule is c1ccc(-c2cc(-c3ccccc3)nc(-n3c4ccc(-n5c6ccccc6c6ccccc65)cc4c4ccc5oc6ccccc6c5c43)n2)cc1. The summed E-state index contributed by atoms with van der Waals surface area (Å²) < 4.78 is 11.1. The topological polar surface area (TPSA) is 48.8 Å². The molecule has 7 aromatic carbocycles. The Balaban J connectivity index is 1.28. The second-order valence-corrected chi connectivity index (χ2v) is 13.0. The van der Waals surface area contributed by atoms with Crippen LogP contribution in [0.5, 0.6) is 0 Å². The zero-order valence-electron chi connectivity index (χ0n) is 27.4. The van der Waals surface area contributed by atoms with E-state index in [0.717, 1.165) is 71.9 Å². The Hall–Kier alpha value is -6.98. The summed E-state index contributed by atoms with van der Waals surface area (Å²) in [4.78, 5) is 10.6. The van der Waals surface area contributed by atoms with Gasteiger partial charge >= 0.3 is 0 Å². The fourth-order valence-electron chi connectivity index (χ4n) is 7.90. The monoisotopic (exact) mass is 652 g/mol. The second kappa shape index (κ2) is 10.8. The van der Waals surface area contributed by atoms with Crippen LogP contribution in [0.1, 0.15) is 0 Å². The van der Waals surface area contributed by atoms with Crippen molar-refractivity contribution >= 4 is 65.6 Å². The molecule has 0 aliphatic carbocycles. The van der Waals surface area contributed by atoms with Gasteiger partial charge in [-0.15, -0.1) is 0 Å². The fraction of sp³-hybridized carbons (Fsp3) is 0. The normalized spacial score (nSPS) is 11.9. The molecule has 0 N–H and O–H groups in total. The summed E-state index contributed by atoms with van der Waals surface area (Å²) in [5.74, 6) is 0.609. The molecule has 0 aliphatic heterocycles. The number of nitrogens with zero attached hydrogens (tertiary/aromatic N) is 4. The lowest BCUT2D eigenvalue weighted by Gasteiger charge is -2.12. The van der Waals surface area contributed by atoms with Crippen LogP contribution in [-0.2, 0) is 0 Å². The van der Waals surface area contributed by atoms with Crippen LogP contribution in [0.3, 0.4) is 0 Å². The minimum Gasteiger partial charge on any atom is -0.456 e. The molecular formula is C46H28N4O. The number of fused-ring (bicyclic) bond motifs is 10. The zero-order chi connectivity index (χ0) is 33.5. The van der Waals surface area contributed by atoms with Gasteiger partial charge in [-0.3, -0.25) is 4.57 Å².